The summed E-state index contributed by atoms with van der Waals surface area (Å²) in [7, 11) is 0. The van der Waals surface area contributed by atoms with E-state index in [4.69, 9.17) is 4.74 Å². The van der Waals surface area contributed by atoms with Crippen molar-refractivity contribution >= 4 is 17.7 Å². The highest BCUT2D eigenvalue weighted by atomic mass is 32.2. The fourth-order valence-electron chi connectivity index (χ4n) is 4.74. The van der Waals surface area contributed by atoms with Crippen molar-refractivity contribution in [2.75, 3.05) is 44.8 Å². The molecule has 0 spiro atoms. The topological polar surface area (TPSA) is 32.8 Å². The number of hydrogen-bond donors (Lipinski definition) is 0. The standard InChI is InChI=1S/C20H36N2O2S/c1-25-14-10-20(23)22(16-19-7-4-13-24-19)15-17-8-11-21(12-9-17)18-5-2-3-6-18/h17-19H,2-16H2,1H3/t19-/m1/s1. The number of nitrogens with zero attached hydrogens (tertiary/aromatic N) is 2. The van der Waals surface area contributed by atoms with Gasteiger partial charge in [-0.2, -0.15) is 11.8 Å². The minimum atomic E-state index is 0.275. The zero-order valence-electron chi connectivity index (χ0n) is 16.0. The summed E-state index contributed by atoms with van der Waals surface area (Å²) in [6.45, 7) is 5.11. The maximum absolute atomic E-state index is 12.7. The number of ether oxygens (including phenoxy) is 1. The van der Waals surface area contributed by atoms with Gasteiger partial charge in [0.25, 0.3) is 0 Å². The van der Waals surface area contributed by atoms with E-state index in [2.05, 4.69) is 16.1 Å². The SMILES string of the molecule is CSCCC(=O)N(CC1CCN(C2CCCC2)CC1)C[C@H]1CCCO1. The third-order valence-corrected chi connectivity index (χ3v) is 6.90. The van der Waals surface area contributed by atoms with Crippen molar-refractivity contribution in [3.05, 3.63) is 0 Å². The van der Waals surface area contributed by atoms with Crippen molar-refractivity contribution in [3.8, 4) is 0 Å². The number of hydrogen-bond acceptors (Lipinski definition) is 4. The Morgan fingerprint density at radius 3 is 2.48 bits per heavy atom. The van der Waals surface area contributed by atoms with Crippen LogP contribution in [0.1, 0.15) is 57.8 Å². The van der Waals surface area contributed by atoms with Gasteiger partial charge in [0.05, 0.1) is 6.10 Å². The molecule has 2 aliphatic heterocycles. The molecule has 0 unspecified atom stereocenters. The first-order valence-electron chi connectivity index (χ1n) is 10.4. The molecule has 0 aromatic heterocycles. The van der Waals surface area contributed by atoms with E-state index in [0.29, 0.717) is 18.2 Å². The summed E-state index contributed by atoms with van der Waals surface area (Å²) in [6, 6.07) is 0.854. The number of thioether (sulfide) groups is 1. The molecule has 2 saturated heterocycles. The summed E-state index contributed by atoms with van der Waals surface area (Å²) < 4.78 is 5.80. The van der Waals surface area contributed by atoms with Gasteiger partial charge in [-0.3, -0.25) is 4.79 Å². The van der Waals surface area contributed by atoms with Crippen molar-refractivity contribution < 1.29 is 9.53 Å². The lowest BCUT2D eigenvalue weighted by atomic mass is 9.94. The molecule has 144 valence electrons. The second kappa shape index (κ2) is 10.2. The van der Waals surface area contributed by atoms with E-state index in [1.807, 2.05) is 0 Å². The van der Waals surface area contributed by atoms with Crippen LogP contribution in [0, 0.1) is 5.92 Å². The Morgan fingerprint density at radius 2 is 1.84 bits per heavy atom. The first-order chi connectivity index (χ1) is 12.3. The zero-order chi connectivity index (χ0) is 17.5. The van der Waals surface area contributed by atoms with Crippen molar-refractivity contribution in [1.29, 1.82) is 0 Å². The first-order valence-corrected chi connectivity index (χ1v) is 11.8. The van der Waals surface area contributed by atoms with Crippen LogP contribution in [0.15, 0.2) is 0 Å². The summed E-state index contributed by atoms with van der Waals surface area (Å²) in [5, 5.41) is 0. The Kier molecular flexibility index (Phi) is 7.93. The van der Waals surface area contributed by atoms with Crippen molar-refractivity contribution in [2.24, 2.45) is 5.92 Å². The van der Waals surface area contributed by atoms with E-state index >= 15 is 0 Å². The van der Waals surface area contributed by atoms with E-state index in [1.165, 1.54) is 51.6 Å². The Hall–Kier alpha value is -0.260. The van der Waals surface area contributed by atoms with E-state index in [0.717, 1.165) is 44.3 Å². The van der Waals surface area contributed by atoms with Crippen LogP contribution >= 0.6 is 11.8 Å². The molecule has 3 rings (SSSR count). The Bertz CT molecular complexity index is 401. The van der Waals surface area contributed by atoms with Gasteiger partial charge in [0, 0.05) is 37.9 Å². The van der Waals surface area contributed by atoms with E-state index in [1.54, 1.807) is 11.8 Å². The quantitative estimate of drug-likeness (QED) is 0.657. The molecule has 0 aromatic carbocycles. The van der Waals surface area contributed by atoms with Gasteiger partial charge >= 0.3 is 0 Å². The molecule has 1 amide bonds. The van der Waals surface area contributed by atoms with Gasteiger partial charge in [-0.1, -0.05) is 12.8 Å². The normalized spacial score (nSPS) is 26.4. The molecule has 0 N–H and O–H groups in total. The van der Waals surface area contributed by atoms with Crippen LogP contribution in [0.2, 0.25) is 0 Å². The second-order valence-electron chi connectivity index (χ2n) is 8.09. The predicted molar refractivity (Wildman–Crippen MR) is 105 cm³/mol. The Morgan fingerprint density at radius 1 is 1.08 bits per heavy atom. The third-order valence-electron chi connectivity index (χ3n) is 6.29. The molecule has 1 saturated carbocycles. The van der Waals surface area contributed by atoms with Crippen LogP contribution < -0.4 is 0 Å². The first kappa shape index (κ1) is 19.5. The minimum Gasteiger partial charge on any atom is -0.376 e. The van der Waals surface area contributed by atoms with Crippen LogP contribution in [0.3, 0.4) is 0 Å². The highest BCUT2D eigenvalue weighted by Crippen LogP contribution is 2.28. The van der Waals surface area contributed by atoms with Gasteiger partial charge in [-0.25, -0.2) is 0 Å². The molecule has 5 heteroatoms. The van der Waals surface area contributed by atoms with Crippen LogP contribution in [0.4, 0.5) is 0 Å². The van der Waals surface area contributed by atoms with E-state index in [-0.39, 0.29) is 6.10 Å². The second-order valence-corrected chi connectivity index (χ2v) is 9.08. The lowest BCUT2D eigenvalue weighted by Gasteiger charge is -2.38. The maximum Gasteiger partial charge on any atom is 0.223 e. The molecule has 0 radical (unpaired) electrons. The van der Waals surface area contributed by atoms with Gasteiger partial charge in [-0.05, 0) is 63.8 Å². The molecule has 1 aliphatic carbocycles. The molecule has 2 heterocycles. The summed E-state index contributed by atoms with van der Waals surface area (Å²) in [6.07, 6.45) is 13.5. The lowest BCUT2D eigenvalue weighted by Crippen LogP contribution is -2.45. The van der Waals surface area contributed by atoms with Crippen LogP contribution in [-0.4, -0.2) is 72.6 Å². The van der Waals surface area contributed by atoms with E-state index in [9.17, 15) is 4.79 Å². The fraction of sp³-hybridized carbons (Fsp3) is 0.950. The smallest absolute Gasteiger partial charge is 0.223 e. The number of amides is 1. The number of rotatable bonds is 8. The molecule has 3 aliphatic rings. The average Bonchev–Trinajstić information content (AvgIpc) is 3.33. The van der Waals surface area contributed by atoms with Gasteiger partial charge in [-0.15, -0.1) is 0 Å². The largest absolute Gasteiger partial charge is 0.376 e. The molecule has 3 fully saturated rings. The fourth-order valence-corrected chi connectivity index (χ4v) is 5.12. The van der Waals surface area contributed by atoms with Crippen LogP contribution in [0.25, 0.3) is 0 Å². The highest BCUT2D eigenvalue weighted by molar-refractivity contribution is 7.98. The van der Waals surface area contributed by atoms with Gasteiger partial charge < -0.3 is 14.5 Å². The lowest BCUT2D eigenvalue weighted by molar-refractivity contribution is -0.133. The number of carbonyl (C=O) groups excluding carboxylic acids is 1. The van der Waals surface area contributed by atoms with Crippen LogP contribution in [-0.2, 0) is 9.53 Å². The van der Waals surface area contributed by atoms with Crippen LogP contribution in [0.5, 0.6) is 0 Å². The van der Waals surface area contributed by atoms with Crippen molar-refractivity contribution in [1.82, 2.24) is 9.80 Å². The third kappa shape index (κ3) is 5.86. The molecule has 4 nitrogen and oxygen atoms in total. The van der Waals surface area contributed by atoms with Crippen molar-refractivity contribution in [2.45, 2.75) is 69.9 Å². The Labute approximate surface area is 158 Å². The minimum absolute atomic E-state index is 0.275. The molecule has 0 bridgehead atoms. The Balaban J connectivity index is 1.47. The summed E-state index contributed by atoms with van der Waals surface area (Å²) in [5.41, 5.74) is 0. The van der Waals surface area contributed by atoms with Crippen molar-refractivity contribution in [3.63, 3.8) is 0 Å². The van der Waals surface area contributed by atoms with Gasteiger partial charge in [0.15, 0.2) is 0 Å². The summed E-state index contributed by atoms with van der Waals surface area (Å²) in [4.78, 5) is 17.6. The number of piperidine rings is 1. The maximum atomic E-state index is 12.7. The molecule has 25 heavy (non-hydrogen) atoms. The highest BCUT2D eigenvalue weighted by Gasteiger charge is 2.30. The molecule has 1 atom stereocenters. The zero-order valence-corrected chi connectivity index (χ0v) is 16.8. The molecular formula is C20H36N2O2S. The molecular weight excluding hydrogens is 332 g/mol. The average molecular weight is 369 g/mol. The van der Waals surface area contributed by atoms with Gasteiger partial charge in [0.2, 0.25) is 5.91 Å². The summed E-state index contributed by atoms with van der Waals surface area (Å²) >= 11 is 1.77. The number of likely N-dealkylation sites (tertiary alicyclic amines) is 1. The predicted octanol–water partition coefficient (Wildman–Crippen LogP) is 3.40. The van der Waals surface area contributed by atoms with E-state index < -0.39 is 0 Å². The number of carbonyl (C=O) groups is 1. The molecule has 0 aromatic rings. The van der Waals surface area contributed by atoms with Gasteiger partial charge in [0.1, 0.15) is 0 Å². The summed E-state index contributed by atoms with van der Waals surface area (Å²) in [5.74, 6) is 1.95. The monoisotopic (exact) mass is 368 g/mol.